The van der Waals surface area contributed by atoms with Crippen LogP contribution in [-0.2, 0) is 19.1 Å². The van der Waals surface area contributed by atoms with E-state index in [1.165, 1.54) is 0 Å². The minimum absolute atomic E-state index is 0.0290. The predicted molar refractivity (Wildman–Crippen MR) is 68.6 cm³/mol. The molecule has 0 spiro atoms. The number of rotatable bonds is 9. The molecule has 2 N–H and O–H groups in total. The highest BCUT2D eigenvalue weighted by atomic mass is 16.5. The van der Waals surface area contributed by atoms with Gasteiger partial charge in [0.05, 0.1) is 6.61 Å². The fourth-order valence-electron chi connectivity index (χ4n) is 1.34. The van der Waals surface area contributed by atoms with Crippen molar-refractivity contribution < 1.29 is 24.2 Å². The second-order valence-electron chi connectivity index (χ2n) is 4.36. The molecule has 0 aliphatic carbocycles. The zero-order valence-electron chi connectivity index (χ0n) is 11.6. The molecule has 7 heteroatoms. The van der Waals surface area contributed by atoms with Gasteiger partial charge in [0.2, 0.25) is 5.91 Å². The van der Waals surface area contributed by atoms with Crippen molar-refractivity contribution in [1.29, 1.82) is 0 Å². The van der Waals surface area contributed by atoms with E-state index in [4.69, 9.17) is 9.84 Å². The van der Waals surface area contributed by atoms with Crippen molar-refractivity contribution in [2.45, 2.75) is 32.2 Å². The first-order valence-corrected chi connectivity index (χ1v) is 6.19. The summed E-state index contributed by atoms with van der Waals surface area (Å²) in [5.74, 6) is -1.95. The minimum Gasteiger partial charge on any atom is -0.480 e. The summed E-state index contributed by atoms with van der Waals surface area (Å²) in [5.41, 5.74) is 0. The summed E-state index contributed by atoms with van der Waals surface area (Å²) in [6.07, 6.45) is 0.219. The molecule has 19 heavy (non-hydrogen) atoms. The van der Waals surface area contributed by atoms with Gasteiger partial charge < -0.3 is 20.1 Å². The first-order chi connectivity index (χ1) is 8.86. The lowest BCUT2D eigenvalue weighted by Crippen LogP contribution is -2.42. The molecule has 0 saturated carbocycles. The van der Waals surface area contributed by atoms with Crippen molar-refractivity contribution in [1.82, 2.24) is 10.2 Å². The van der Waals surface area contributed by atoms with Crippen LogP contribution in [0.25, 0.3) is 0 Å². The maximum absolute atomic E-state index is 11.5. The van der Waals surface area contributed by atoms with E-state index in [0.29, 0.717) is 6.54 Å². The van der Waals surface area contributed by atoms with Gasteiger partial charge in [0, 0.05) is 19.4 Å². The Bertz CT molecular complexity index is 317. The largest absolute Gasteiger partial charge is 0.480 e. The number of carboxylic acid groups (broad SMARTS) is 1. The summed E-state index contributed by atoms with van der Waals surface area (Å²) < 4.78 is 4.70. The monoisotopic (exact) mass is 274 g/mol. The van der Waals surface area contributed by atoms with Gasteiger partial charge in [-0.3, -0.25) is 9.59 Å². The number of amides is 1. The Labute approximate surface area is 112 Å². The van der Waals surface area contributed by atoms with Crippen LogP contribution < -0.4 is 5.32 Å². The molecule has 0 rings (SSSR count). The number of aliphatic carboxylic acids is 1. The molecule has 0 aliphatic rings. The van der Waals surface area contributed by atoms with Gasteiger partial charge in [0.15, 0.2) is 0 Å². The van der Waals surface area contributed by atoms with E-state index < -0.39 is 18.0 Å². The molecule has 0 heterocycles. The van der Waals surface area contributed by atoms with Gasteiger partial charge >= 0.3 is 11.9 Å². The second kappa shape index (κ2) is 9.32. The third kappa shape index (κ3) is 9.01. The van der Waals surface area contributed by atoms with Gasteiger partial charge in [0.25, 0.3) is 0 Å². The van der Waals surface area contributed by atoms with Crippen molar-refractivity contribution in [3.63, 3.8) is 0 Å². The zero-order valence-corrected chi connectivity index (χ0v) is 11.6. The zero-order chi connectivity index (χ0) is 14.8. The van der Waals surface area contributed by atoms with E-state index in [9.17, 15) is 14.4 Å². The summed E-state index contributed by atoms with van der Waals surface area (Å²) in [6, 6.07) is -1.06. The Morgan fingerprint density at radius 3 is 2.37 bits per heavy atom. The number of ether oxygens (including phenoxy) is 1. The van der Waals surface area contributed by atoms with Crippen molar-refractivity contribution in [3.8, 4) is 0 Å². The number of carbonyl (C=O) groups is 3. The Hall–Kier alpha value is -1.63. The first kappa shape index (κ1) is 17.4. The van der Waals surface area contributed by atoms with Crippen LogP contribution in [0.4, 0.5) is 0 Å². The Morgan fingerprint density at radius 2 is 1.89 bits per heavy atom. The molecule has 0 fully saturated rings. The molecule has 1 amide bonds. The lowest BCUT2D eigenvalue weighted by molar-refractivity contribution is -0.145. The third-order valence-electron chi connectivity index (χ3n) is 2.36. The molecule has 0 unspecified atom stereocenters. The molecule has 0 aromatic heterocycles. The van der Waals surface area contributed by atoms with Crippen molar-refractivity contribution in [2.24, 2.45) is 0 Å². The van der Waals surface area contributed by atoms with Crippen molar-refractivity contribution in [3.05, 3.63) is 0 Å². The van der Waals surface area contributed by atoms with Crippen molar-refractivity contribution >= 4 is 17.8 Å². The van der Waals surface area contributed by atoms with E-state index in [1.807, 2.05) is 19.0 Å². The summed E-state index contributed by atoms with van der Waals surface area (Å²) in [4.78, 5) is 35.4. The lowest BCUT2D eigenvalue weighted by atomic mass is 10.1. The number of nitrogens with one attached hydrogen (secondary N) is 1. The molecule has 0 radical (unpaired) electrons. The van der Waals surface area contributed by atoms with Gasteiger partial charge in [-0.2, -0.15) is 0 Å². The van der Waals surface area contributed by atoms with E-state index in [2.05, 4.69) is 5.32 Å². The lowest BCUT2D eigenvalue weighted by Gasteiger charge is -2.15. The topological polar surface area (TPSA) is 95.9 Å². The van der Waals surface area contributed by atoms with E-state index in [-0.39, 0.29) is 31.8 Å². The molecule has 0 aromatic carbocycles. The average molecular weight is 274 g/mol. The van der Waals surface area contributed by atoms with Crippen LogP contribution in [0.2, 0.25) is 0 Å². The highest BCUT2D eigenvalue weighted by molar-refractivity contribution is 5.84. The summed E-state index contributed by atoms with van der Waals surface area (Å²) in [6.45, 7) is 2.47. The maximum atomic E-state index is 11.5. The summed E-state index contributed by atoms with van der Waals surface area (Å²) in [7, 11) is 3.64. The highest BCUT2D eigenvalue weighted by Crippen LogP contribution is 2.01. The predicted octanol–water partition coefficient (Wildman–Crippen LogP) is -0.149. The molecular weight excluding hydrogens is 252 g/mol. The Morgan fingerprint density at radius 1 is 1.26 bits per heavy atom. The molecular formula is C12H22N2O5. The molecule has 110 valence electrons. The van der Waals surface area contributed by atoms with Crippen LogP contribution in [0.15, 0.2) is 0 Å². The SMILES string of the molecule is CCOC(=O)CC[C@H](NC(=O)CCN(C)C)C(=O)O. The standard InChI is InChI=1S/C12H22N2O5/c1-4-19-11(16)6-5-9(12(17)18)13-10(15)7-8-14(2)3/h9H,4-8H2,1-3H3,(H,13,15)(H,17,18)/t9-/m0/s1. The molecule has 7 nitrogen and oxygen atoms in total. The quantitative estimate of drug-likeness (QED) is 0.568. The van der Waals surface area contributed by atoms with Crippen molar-refractivity contribution in [2.75, 3.05) is 27.2 Å². The maximum Gasteiger partial charge on any atom is 0.326 e. The fraction of sp³-hybridized carbons (Fsp3) is 0.750. The number of carboxylic acids is 1. The fourth-order valence-corrected chi connectivity index (χ4v) is 1.34. The van der Waals surface area contributed by atoms with Crippen LogP contribution in [0.1, 0.15) is 26.2 Å². The second-order valence-corrected chi connectivity index (χ2v) is 4.36. The van der Waals surface area contributed by atoms with Crippen LogP contribution in [0, 0.1) is 0 Å². The normalized spacial score (nSPS) is 12.0. The Balaban J connectivity index is 4.15. The third-order valence-corrected chi connectivity index (χ3v) is 2.36. The first-order valence-electron chi connectivity index (χ1n) is 6.19. The highest BCUT2D eigenvalue weighted by Gasteiger charge is 2.21. The van der Waals surface area contributed by atoms with Gasteiger partial charge in [-0.1, -0.05) is 0 Å². The van der Waals surface area contributed by atoms with E-state index >= 15 is 0 Å². The molecule has 0 aromatic rings. The summed E-state index contributed by atoms with van der Waals surface area (Å²) >= 11 is 0. The van der Waals surface area contributed by atoms with Gasteiger partial charge in [-0.05, 0) is 27.4 Å². The molecule has 0 saturated heterocycles. The van der Waals surface area contributed by atoms with Gasteiger partial charge in [0.1, 0.15) is 6.04 Å². The Kier molecular flexibility index (Phi) is 8.52. The molecule has 0 bridgehead atoms. The minimum atomic E-state index is -1.15. The molecule has 1 atom stereocenters. The van der Waals surface area contributed by atoms with Crippen LogP contribution in [0.5, 0.6) is 0 Å². The van der Waals surface area contributed by atoms with Crippen LogP contribution in [0.3, 0.4) is 0 Å². The van der Waals surface area contributed by atoms with E-state index in [1.54, 1.807) is 6.92 Å². The smallest absolute Gasteiger partial charge is 0.326 e. The number of carbonyl (C=O) groups excluding carboxylic acids is 2. The molecule has 0 aliphatic heterocycles. The number of esters is 1. The van der Waals surface area contributed by atoms with Crippen LogP contribution >= 0.6 is 0 Å². The van der Waals surface area contributed by atoms with Gasteiger partial charge in [-0.15, -0.1) is 0 Å². The number of nitrogens with zero attached hydrogens (tertiary/aromatic N) is 1. The van der Waals surface area contributed by atoms with Gasteiger partial charge in [-0.25, -0.2) is 4.79 Å². The number of hydrogen-bond acceptors (Lipinski definition) is 5. The van der Waals surface area contributed by atoms with E-state index in [0.717, 1.165) is 0 Å². The number of hydrogen-bond donors (Lipinski definition) is 2. The average Bonchev–Trinajstić information content (AvgIpc) is 2.31. The van der Waals surface area contributed by atoms with Crippen LogP contribution in [-0.4, -0.2) is 61.1 Å². The summed E-state index contributed by atoms with van der Waals surface area (Å²) in [5, 5.41) is 11.4.